The van der Waals surface area contributed by atoms with Crippen molar-refractivity contribution in [1.82, 2.24) is 0 Å². The molecule has 2 aromatic carbocycles. The average molecular weight is 282 g/mol. The standard InChI is InChI=1S/C17H18N2O2/c1-12-3-5-17(14(7-12)9-18)21-11-13-4-6-16(20-2)15(8-13)10-19/h3-8H,9,11,18H2,1-2H3. The molecule has 0 fully saturated rings. The van der Waals surface area contributed by atoms with Crippen LogP contribution in [0.1, 0.15) is 22.3 Å². The fourth-order valence-corrected chi connectivity index (χ4v) is 2.10. The van der Waals surface area contributed by atoms with E-state index in [1.165, 1.54) is 0 Å². The van der Waals surface area contributed by atoms with Crippen molar-refractivity contribution in [3.8, 4) is 17.6 Å². The second-order valence-corrected chi connectivity index (χ2v) is 4.75. The molecule has 108 valence electrons. The summed E-state index contributed by atoms with van der Waals surface area (Å²) in [4.78, 5) is 0. The molecule has 0 aliphatic carbocycles. The molecule has 0 aliphatic heterocycles. The second kappa shape index (κ2) is 6.78. The van der Waals surface area contributed by atoms with Gasteiger partial charge in [0.05, 0.1) is 12.7 Å². The summed E-state index contributed by atoms with van der Waals surface area (Å²) in [5.41, 5.74) is 9.27. The van der Waals surface area contributed by atoms with Crippen LogP contribution in [-0.2, 0) is 13.2 Å². The van der Waals surface area contributed by atoms with E-state index in [1.54, 1.807) is 19.2 Å². The number of aryl methyl sites for hydroxylation is 1. The van der Waals surface area contributed by atoms with Gasteiger partial charge in [-0.1, -0.05) is 23.8 Å². The lowest BCUT2D eigenvalue weighted by atomic mass is 10.1. The molecule has 0 amide bonds. The lowest BCUT2D eigenvalue weighted by molar-refractivity contribution is 0.302. The molecule has 2 aromatic rings. The molecule has 0 saturated heterocycles. The number of nitriles is 1. The van der Waals surface area contributed by atoms with Crippen molar-refractivity contribution in [3.05, 3.63) is 58.7 Å². The molecule has 21 heavy (non-hydrogen) atoms. The summed E-state index contributed by atoms with van der Waals surface area (Å²) in [7, 11) is 1.55. The Kier molecular flexibility index (Phi) is 4.81. The third-order valence-corrected chi connectivity index (χ3v) is 3.21. The highest BCUT2D eigenvalue weighted by Crippen LogP contribution is 2.23. The van der Waals surface area contributed by atoms with E-state index in [2.05, 4.69) is 6.07 Å². The summed E-state index contributed by atoms with van der Waals surface area (Å²) in [6, 6.07) is 13.5. The molecule has 0 atom stereocenters. The minimum atomic E-state index is 0.384. The Bertz CT molecular complexity index is 675. The highest BCUT2D eigenvalue weighted by molar-refractivity contribution is 5.45. The lowest BCUT2D eigenvalue weighted by Gasteiger charge is -2.12. The van der Waals surface area contributed by atoms with Crippen LogP contribution in [-0.4, -0.2) is 7.11 Å². The largest absolute Gasteiger partial charge is 0.495 e. The SMILES string of the molecule is COc1ccc(COc2ccc(C)cc2CN)cc1C#N. The number of benzene rings is 2. The highest BCUT2D eigenvalue weighted by Gasteiger charge is 2.06. The van der Waals surface area contributed by atoms with Crippen LogP contribution in [0.2, 0.25) is 0 Å². The Morgan fingerprint density at radius 3 is 2.57 bits per heavy atom. The first-order valence-electron chi connectivity index (χ1n) is 6.67. The Hall–Kier alpha value is -2.51. The molecule has 0 aromatic heterocycles. The quantitative estimate of drug-likeness (QED) is 0.915. The van der Waals surface area contributed by atoms with Gasteiger partial charge in [-0.3, -0.25) is 0 Å². The molecule has 0 saturated carbocycles. The molecule has 0 unspecified atom stereocenters. The van der Waals surface area contributed by atoms with Crippen molar-refractivity contribution in [2.24, 2.45) is 5.73 Å². The van der Waals surface area contributed by atoms with E-state index in [1.807, 2.05) is 31.2 Å². The van der Waals surface area contributed by atoms with Crippen molar-refractivity contribution >= 4 is 0 Å². The second-order valence-electron chi connectivity index (χ2n) is 4.75. The van der Waals surface area contributed by atoms with Gasteiger partial charge in [-0.2, -0.15) is 5.26 Å². The van der Waals surface area contributed by atoms with Gasteiger partial charge in [0.15, 0.2) is 0 Å². The zero-order valence-corrected chi connectivity index (χ0v) is 12.2. The van der Waals surface area contributed by atoms with Crippen LogP contribution in [0.4, 0.5) is 0 Å². The van der Waals surface area contributed by atoms with Crippen LogP contribution < -0.4 is 15.2 Å². The summed E-state index contributed by atoms with van der Waals surface area (Å²) in [5.74, 6) is 1.34. The van der Waals surface area contributed by atoms with Gasteiger partial charge in [0.25, 0.3) is 0 Å². The van der Waals surface area contributed by atoms with E-state index < -0.39 is 0 Å². The summed E-state index contributed by atoms with van der Waals surface area (Å²) >= 11 is 0. The fraction of sp³-hybridized carbons (Fsp3) is 0.235. The minimum Gasteiger partial charge on any atom is -0.495 e. The molecule has 4 nitrogen and oxygen atoms in total. The first kappa shape index (κ1) is 14.9. The van der Waals surface area contributed by atoms with Crippen LogP contribution in [0, 0.1) is 18.3 Å². The number of ether oxygens (including phenoxy) is 2. The monoisotopic (exact) mass is 282 g/mol. The number of nitrogens with zero attached hydrogens (tertiary/aromatic N) is 1. The number of nitrogens with two attached hydrogens (primary N) is 1. The maximum atomic E-state index is 9.08. The molecule has 0 radical (unpaired) electrons. The molecule has 2 rings (SSSR count). The topological polar surface area (TPSA) is 68.3 Å². The summed E-state index contributed by atoms with van der Waals surface area (Å²) in [5, 5.41) is 9.08. The lowest BCUT2D eigenvalue weighted by Crippen LogP contribution is -2.03. The van der Waals surface area contributed by atoms with Crippen molar-refractivity contribution in [3.63, 3.8) is 0 Å². The highest BCUT2D eigenvalue weighted by atomic mass is 16.5. The maximum absolute atomic E-state index is 9.08. The smallest absolute Gasteiger partial charge is 0.136 e. The zero-order chi connectivity index (χ0) is 15.2. The van der Waals surface area contributed by atoms with E-state index in [0.717, 1.165) is 22.4 Å². The summed E-state index contributed by atoms with van der Waals surface area (Å²) < 4.78 is 10.9. The Morgan fingerprint density at radius 2 is 1.90 bits per heavy atom. The molecule has 0 heterocycles. The Labute approximate surface area is 124 Å². The minimum absolute atomic E-state index is 0.384. The molecule has 0 aliphatic rings. The molecular weight excluding hydrogens is 264 g/mol. The number of rotatable bonds is 5. The summed E-state index contributed by atoms with van der Waals surface area (Å²) in [6.07, 6.45) is 0. The van der Waals surface area contributed by atoms with Crippen molar-refractivity contribution < 1.29 is 9.47 Å². The van der Waals surface area contributed by atoms with E-state index in [0.29, 0.717) is 24.5 Å². The Balaban J connectivity index is 2.15. The average Bonchev–Trinajstić information content (AvgIpc) is 2.53. The van der Waals surface area contributed by atoms with Crippen molar-refractivity contribution in [2.75, 3.05) is 7.11 Å². The molecule has 2 N–H and O–H groups in total. The predicted octanol–water partition coefficient (Wildman–Crippen LogP) is 2.91. The predicted molar refractivity (Wildman–Crippen MR) is 81.1 cm³/mol. The zero-order valence-electron chi connectivity index (χ0n) is 12.2. The van der Waals surface area contributed by atoms with Gasteiger partial charge >= 0.3 is 0 Å². The van der Waals surface area contributed by atoms with Gasteiger partial charge in [0, 0.05) is 12.1 Å². The van der Waals surface area contributed by atoms with Crippen LogP contribution in [0.25, 0.3) is 0 Å². The van der Waals surface area contributed by atoms with Gasteiger partial charge in [-0.25, -0.2) is 0 Å². The van der Waals surface area contributed by atoms with Gasteiger partial charge < -0.3 is 15.2 Å². The third kappa shape index (κ3) is 3.53. The summed E-state index contributed by atoms with van der Waals surface area (Å²) in [6.45, 7) is 2.84. The van der Waals surface area contributed by atoms with Crippen molar-refractivity contribution in [2.45, 2.75) is 20.1 Å². The Morgan fingerprint density at radius 1 is 1.14 bits per heavy atom. The normalized spacial score (nSPS) is 10.0. The first-order valence-corrected chi connectivity index (χ1v) is 6.67. The van der Waals surface area contributed by atoms with Crippen LogP contribution in [0.3, 0.4) is 0 Å². The van der Waals surface area contributed by atoms with Crippen molar-refractivity contribution in [1.29, 1.82) is 5.26 Å². The van der Waals surface area contributed by atoms with Gasteiger partial charge in [-0.15, -0.1) is 0 Å². The maximum Gasteiger partial charge on any atom is 0.136 e. The van der Waals surface area contributed by atoms with Gasteiger partial charge in [-0.05, 0) is 30.7 Å². The molecular formula is C17H18N2O2. The molecule has 4 heteroatoms. The van der Waals surface area contributed by atoms with E-state index in [4.69, 9.17) is 20.5 Å². The molecule has 0 bridgehead atoms. The number of hydrogen-bond donors (Lipinski definition) is 1. The van der Waals surface area contributed by atoms with Crippen LogP contribution in [0.15, 0.2) is 36.4 Å². The van der Waals surface area contributed by atoms with Crippen LogP contribution in [0.5, 0.6) is 11.5 Å². The van der Waals surface area contributed by atoms with Gasteiger partial charge in [0.2, 0.25) is 0 Å². The van der Waals surface area contributed by atoms with Gasteiger partial charge in [0.1, 0.15) is 24.2 Å². The molecule has 0 spiro atoms. The number of methoxy groups -OCH3 is 1. The number of hydrogen-bond acceptors (Lipinski definition) is 4. The van der Waals surface area contributed by atoms with E-state index in [9.17, 15) is 0 Å². The fourth-order valence-electron chi connectivity index (χ4n) is 2.10. The third-order valence-electron chi connectivity index (χ3n) is 3.21. The first-order chi connectivity index (χ1) is 10.2. The van der Waals surface area contributed by atoms with E-state index >= 15 is 0 Å². The van der Waals surface area contributed by atoms with Crippen LogP contribution >= 0.6 is 0 Å². The van der Waals surface area contributed by atoms with E-state index in [-0.39, 0.29) is 0 Å².